The molecule has 0 bridgehead atoms. The molecule has 46 heavy (non-hydrogen) atoms. The molecule has 0 spiro atoms. The molecule has 0 fully saturated rings. The van der Waals surface area contributed by atoms with Gasteiger partial charge < -0.3 is 47.8 Å². The normalized spacial score (nSPS) is 15.4. The zero-order valence-corrected chi connectivity index (χ0v) is 26.0. The fraction of sp³-hybridized carbons (Fsp3) is 0.364. The standard InChI is InChI=1S/C33H40FN3O9/c1-16-7-25(39)20(9-21(16)14-33(37,15-34)30(45)46)8-19-11-26(40)23(10-22(19)13-32(4,36)29(43)44)27-17(2)24(38)6-5-18(27)12-31(3,35)28(41)42/h5-7,9-11,38-40H,8,12-15,35-37H2,1-4H3,(H,41,42)(H,43,44)(H,45,46). The molecule has 248 valence electrons. The fourth-order valence-corrected chi connectivity index (χ4v) is 5.27. The highest BCUT2D eigenvalue weighted by molar-refractivity contribution is 5.83. The van der Waals surface area contributed by atoms with Gasteiger partial charge in [-0.15, -0.1) is 0 Å². The van der Waals surface area contributed by atoms with E-state index in [2.05, 4.69) is 0 Å². The van der Waals surface area contributed by atoms with Gasteiger partial charge in [0.25, 0.3) is 0 Å². The lowest BCUT2D eigenvalue weighted by molar-refractivity contribution is -0.144. The van der Waals surface area contributed by atoms with Crippen LogP contribution in [0.2, 0.25) is 0 Å². The number of phenolic OH excluding ortho intramolecular Hbond substituents is 3. The molecule has 13 heteroatoms. The van der Waals surface area contributed by atoms with E-state index in [0.29, 0.717) is 33.4 Å². The van der Waals surface area contributed by atoms with Gasteiger partial charge in [-0.05, 0) is 96.5 Å². The molecule has 0 radical (unpaired) electrons. The molecule has 3 aromatic carbocycles. The van der Waals surface area contributed by atoms with Crippen LogP contribution in [0.15, 0.2) is 36.4 Å². The average molecular weight is 642 g/mol. The van der Waals surface area contributed by atoms with Crippen molar-refractivity contribution in [2.45, 2.75) is 70.0 Å². The number of hydrogen-bond acceptors (Lipinski definition) is 9. The van der Waals surface area contributed by atoms with Crippen LogP contribution in [0.5, 0.6) is 17.2 Å². The highest BCUT2D eigenvalue weighted by Gasteiger charge is 2.36. The number of carbonyl (C=O) groups is 3. The van der Waals surface area contributed by atoms with Crippen molar-refractivity contribution < 1.29 is 49.4 Å². The first kappa shape index (κ1) is 35.8. The van der Waals surface area contributed by atoms with E-state index in [1.165, 1.54) is 50.2 Å². The van der Waals surface area contributed by atoms with Gasteiger partial charge in [0.1, 0.15) is 40.5 Å². The van der Waals surface area contributed by atoms with E-state index in [1.807, 2.05) is 0 Å². The quantitative estimate of drug-likeness (QED) is 0.131. The molecule has 3 unspecified atom stereocenters. The van der Waals surface area contributed by atoms with Crippen molar-refractivity contribution in [3.63, 3.8) is 0 Å². The Morgan fingerprint density at radius 2 is 1.24 bits per heavy atom. The molecular formula is C33H40FN3O9. The number of phenols is 3. The summed E-state index contributed by atoms with van der Waals surface area (Å²) in [5.41, 5.74) is 15.1. The maximum Gasteiger partial charge on any atom is 0.326 e. The SMILES string of the molecule is Cc1cc(O)c(Cc2cc(O)c(-c3c(CC(C)(N)C(=O)O)ccc(O)c3C)cc2CC(C)(N)C(=O)O)cc1CC(N)(CF)C(=O)O. The third kappa shape index (κ3) is 7.39. The number of aryl methyl sites for hydroxylation is 1. The van der Waals surface area contributed by atoms with Crippen LogP contribution in [0.1, 0.15) is 52.8 Å². The van der Waals surface area contributed by atoms with Gasteiger partial charge in [0.15, 0.2) is 0 Å². The summed E-state index contributed by atoms with van der Waals surface area (Å²) in [5, 5.41) is 61.6. The second-order valence-corrected chi connectivity index (χ2v) is 12.5. The zero-order chi connectivity index (χ0) is 34.9. The van der Waals surface area contributed by atoms with Crippen molar-refractivity contribution in [2.24, 2.45) is 17.2 Å². The average Bonchev–Trinajstić information content (AvgIpc) is 2.94. The van der Waals surface area contributed by atoms with Crippen molar-refractivity contribution >= 4 is 17.9 Å². The van der Waals surface area contributed by atoms with Gasteiger partial charge in [0, 0.05) is 31.2 Å². The van der Waals surface area contributed by atoms with Crippen molar-refractivity contribution in [1.29, 1.82) is 0 Å². The molecule has 0 aliphatic rings. The van der Waals surface area contributed by atoms with Gasteiger partial charge in [-0.25, -0.2) is 4.39 Å². The molecule has 0 saturated heterocycles. The highest BCUT2D eigenvalue weighted by atomic mass is 19.1. The summed E-state index contributed by atoms with van der Waals surface area (Å²) in [4.78, 5) is 35.5. The Kier molecular flexibility index (Phi) is 10.1. The van der Waals surface area contributed by atoms with Gasteiger partial charge in [-0.1, -0.05) is 12.1 Å². The monoisotopic (exact) mass is 641 g/mol. The summed E-state index contributed by atoms with van der Waals surface area (Å²) in [6.45, 7) is 4.45. The van der Waals surface area contributed by atoms with Crippen LogP contribution >= 0.6 is 0 Å². The Balaban J connectivity index is 2.26. The lowest BCUT2D eigenvalue weighted by atomic mass is 9.82. The van der Waals surface area contributed by atoms with Crippen LogP contribution < -0.4 is 17.2 Å². The topological polar surface area (TPSA) is 251 Å². The van der Waals surface area contributed by atoms with E-state index in [-0.39, 0.29) is 59.6 Å². The first-order chi connectivity index (χ1) is 21.1. The Morgan fingerprint density at radius 3 is 1.76 bits per heavy atom. The minimum Gasteiger partial charge on any atom is -0.508 e. The van der Waals surface area contributed by atoms with E-state index in [9.17, 15) is 49.4 Å². The van der Waals surface area contributed by atoms with Crippen molar-refractivity contribution in [3.05, 3.63) is 75.3 Å². The largest absolute Gasteiger partial charge is 0.508 e. The van der Waals surface area contributed by atoms with Crippen LogP contribution in [0.25, 0.3) is 11.1 Å². The molecule has 0 saturated carbocycles. The Hall–Kier alpha value is -4.72. The van der Waals surface area contributed by atoms with E-state index in [4.69, 9.17) is 17.2 Å². The second-order valence-electron chi connectivity index (χ2n) is 12.5. The lowest BCUT2D eigenvalue weighted by Crippen LogP contribution is -2.52. The number of rotatable bonds is 13. The molecule has 0 aliphatic heterocycles. The highest BCUT2D eigenvalue weighted by Crippen LogP contribution is 2.41. The third-order valence-electron chi connectivity index (χ3n) is 8.29. The number of aliphatic carboxylic acids is 3. The summed E-state index contributed by atoms with van der Waals surface area (Å²) >= 11 is 0. The summed E-state index contributed by atoms with van der Waals surface area (Å²) in [7, 11) is 0. The van der Waals surface area contributed by atoms with Gasteiger partial charge in [-0.2, -0.15) is 0 Å². The molecule has 0 amide bonds. The molecule has 3 aromatic rings. The Bertz CT molecular complexity index is 1700. The smallest absolute Gasteiger partial charge is 0.326 e. The first-order valence-corrected chi connectivity index (χ1v) is 14.2. The van der Waals surface area contributed by atoms with Crippen LogP contribution in [-0.2, 0) is 40.1 Å². The van der Waals surface area contributed by atoms with E-state index < -0.39 is 41.2 Å². The number of carboxylic acids is 3. The molecule has 3 rings (SSSR count). The van der Waals surface area contributed by atoms with Crippen molar-refractivity contribution in [2.75, 3.05) is 6.67 Å². The number of halogens is 1. The third-order valence-corrected chi connectivity index (χ3v) is 8.29. The summed E-state index contributed by atoms with van der Waals surface area (Å²) < 4.78 is 13.7. The number of hydrogen-bond donors (Lipinski definition) is 9. The van der Waals surface area contributed by atoms with Gasteiger partial charge in [0.05, 0.1) is 0 Å². The number of carboxylic acid groups (broad SMARTS) is 3. The van der Waals surface area contributed by atoms with Crippen LogP contribution in [0, 0.1) is 13.8 Å². The van der Waals surface area contributed by atoms with Crippen LogP contribution in [-0.4, -0.2) is 71.8 Å². The molecule has 0 aliphatic carbocycles. The Labute approximate surface area is 264 Å². The predicted octanol–water partition coefficient (Wildman–Crippen LogP) is 2.66. The zero-order valence-electron chi connectivity index (χ0n) is 26.0. The first-order valence-electron chi connectivity index (χ1n) is 14.2. The van der Waals surface area contributed by atoms with E-state index in [1.54, 1.807) is 13.8 Å². The second kappa shape index (κ2) is 12.9. The minimum absolute atomic E-state index is 0.0932. The molecule has 0 aromatic heterocycles. The maximum absolute atomic E-state index is 13.7. The molecule has 12 N–H and O–H groups in total. The lowest BCUT2D eigenvalue weighted by Gasteiger charge is -2.25. The molecule has 3 atom stereocenters. The predicted molar refractivity (Wildman–Crippen MR) is 168 cm³/mol. The van der Waals surface area contributed by atoms with Crippen LogP contribution in [0.3, 0.4) is 0 Å². The van der Waals surface area contributed by atoms with E-state index in [0.717, 1.165) is 0 Å². The van der Waals surface area contributed by atoms with Crippen molar-refractivity contribution in [3.8, 4) is 28.4 Å². The molecule has 0 heterocycles. The number of alkyl halides is 1. The summed E-state index contributed by atoms with van der Waals surface area (Å²) in [6, 6.07) is 8.55. The number of aromatic hydroxyl groups is 3. The fourth-order valence-electron chi connectivity index (χ4n) is 5.27. The van der Waals surface area contributed by atoms with E-state index >= 15 is 0 Å². The van der Waals surface area contributed by atoms with Gasteiger partial charge in [0.2, 0.25) is 0 Å². The minimum atomic E-state index is -2.20. The molecule has 12 nitrogen and oxygen atoms in total. The summed E-state index contributed by atoms with van der Waals surface area (Å²) in [6.07, 6.45) is -0.917. The maximum atomic E-state index is 13.7. The Morgan fingerprint density at radius 1 is 0.674 bits per heavy atom. The number of nitrogens with two attached hydrogens (primary N) is 3. The number of benzene rings is 3. The van der Waals surface area contributed by atoms with Gasteiger partial charge >= 0.3 is 17.9 Å². The molecular weight excluding hydrogens is 601 g/mol. The van der Waals surface area contributed by atoms with Crippen molar-refractivity contribution in [1.82, 2.24) is 0 Å². The summed E-state index contributed by atoms with van der Waals surface area (Å²) in [5.74, 6) is -4.78. The van der Waals surface area contributed by atoms with Gasteiger partial charge in [-0.3, -0.25) is 14.4 Å². The van der Waals surface area contributed by atoms with Crippen LogP contribution in [0.4, 0.5) is 4.39 Å².